The highest BCUT2D eigenvalue weighted by Gasteiger charge is 2.14. The number of anilines is 2. The molecule has 0 bridgehead atoms. The van der Waals surface area contributed by atoms with Crippen molar-refractivity contribution in [3.63, 3.8) is 0 Å². The summed E-state index contributed by atoms with van der Waals surface area (Å²) < 4.78 is 0. The van der Waals surface area contributed by atoms with Crippen molar-refractivity contribution < 1.29 is 4.79 Å². The minimum atomic E-state index is -0.323. The van der Waals surface area contributed by atoms with E-state index in [9.17, 15) is 4.79 Å². The largest absolute Gasteiger partial charge is 0.366 e. The standard InChI is InChI=1S/C18H21ClN4O/c19-14-9-5-6-10-15(14)23-18(24)16-11-21-17(12-20-16)22-13-7-3-1-2-4-8-13/h5-6,9-13H,1-4,7-8H2,(H,21,22)(H,23,24). The Hall–Kier alpha value is -2.14. The van der Waals surface area contributed by atoms with Crippen LogP contribution in [0.15, 0.2) is 36.7 Å². The lowest BCUT2D eigenvalue weighted by atomic mass is 10.1. The van der Waals surface area contributed by atoms with Crippen molar-refractivity contribution in [2.75, 3.05) is 10.6 Å². The van der Waals surface area contributed by atoms with E-state index in [2.05, 4.69) is 20.6 Å². The van der Waals surface area contributed by atoms with Crippen molar-refractivity contribution in [2.45, 2.75) is 44.6 Å². The first-order valence-electron chi connectivity index (χ1n) is 8.37. The Balaban J connectivity index is 1.61. The van der Waals surface area contributed by atoms with Crippen LogP contribution in [0.3, 0.4) is 0 Å². The molecule has 1 aliphatic rings. The number of hydrogen-bond acceptors (Lipinski definition) is 4. The van der Waals surface area contributed by atoms with Gasteiger partial charge in [-0.25, -0.2) is 9.97 Å². The van der Waals surface area contributed by atoms with E-state index in [1.165, 1.54) is 31.9 Å². The van der Waals surface area contributed by atoms with Gasteiger partial charge in [-0.05, 0) is 25.0 Å². The molecule has 0 unspecified atom stereocenters. The number of rotatable bonds is 4. The summed E-state index contributed by atoms with van der Waals surface area (Å²) >= 11 is 6.04. The minimum Gasteiger partial charge on any atom is -0.366 e. The Morgan fingerprint density at radius 1 is 1.04 bits per heavy atom. The number of nitrogens with zero attached hydrogens (tertiary/aromatic N) is 2. The number of carbonyl (C=O) groups excluding carboxylic acids is 1. The van der Waals surface area contributed by atoms with Crippen LogP contribution in [0.25, 0.3) is 0 Å². The molecule has 2 aromatic rings. The maximum atomic E-state index is 12.2. The molecule has 24 heavy (non-hydrogen) atoms. The lowest BCUT2D eigenvalue weighted by Crippen LogP contribution is -2.20. The summed E-state index contributed by atoms with van der Waals surface area (Å²) in [6, 6.07) is 7.54. The molecule has 0 radical (unpaired) electrons. The van der Waals surface area contributed by atoms with Gasteiger partial charge in [-0.3, -0.25) is 4.79 Å². The Labute approximate surface area is 146 Å². The molecule has 1 aliphatic carbocycles. The quantitative estimate of drug-likeness (QED) is 0.800. The molecule has 0 atom stereocenters. The van der Waals surface area contributed by atoms with E-state index in [4.69, 9.17) is 11.6 Å². The number of halogens is 1. The van der Waals surface area contributed by atoms with Crippen LogP contribution in [0.1, 0.15) is 49.0 Å². The van der Waals surface area contributed by atoms with Crippen LogP contribution < -0.4 is 10.6 Å². The highest BCUT2D eigenvalue weighted by atomic mass is 35.5. The Morgan fingerprint density at radius 3 is 2.46 bits per heavy atom. The van der Waals surface area contributed by atoms with Crippen molar-refractivity contribution in [3.05, 3.63) is 47.4 Å². The van der Waals surface area contributed by atoms with E-state index in [1.54, 1.807) is 18.3 Å². The van der Waals surface area contributed by atoms with Crippen LogP contribution in [-0.4, -0.2) is 21.9 Å². The van der Waals surface area contributed by atoms with E-state index < -0.39 is 0 Å². The van der Waals surface area contributed by atoms with Crippen LogP contribution in [0.5, 0.6) is 0 Å². The SMILES string of the molecule is O=C(Nc1ccccc1Cl)c1cnc(NC2CCCCCC2)cn1. The predicted octanol–water partition coefficient (Wildman–Crippen LogP) is 4.52. The second kappa shape index (κ2) is 8.11. The highest BCUT2D eigenvalue weighted by molar-refractivity contribution is 6.33. The maximum absolute atomic E-state index is 12.2. The number of carbonyl (C=O) groups is 1. The minimum absolute atomic E-state index is 0.265. The average Bonchev–Trinajstić information content (AvgIpc) is 2.86. The Morgan fingerprint density at radius 2 is 1.79 bits per heavy atom. The van der Waals surface area contributed by atoms with Gasteiger partial charge in [0, 0.05) is 6.04 Å². The third-order valence-electron chi connectivity index (χ3n) is 4.21. The van der Waals surface area contributed by atoms with Crippen molar-refractivity contribution >= 4 is 29.0 Å². The molecule has 2 N–H and O–H groups in total. The molecule has 5 nitrogen and oxygen atoms in total. The van der Waals surface area contributed by atoms with Crippen LogP contribution in [0.4, 0.5) is 11.5 Å². The zero-order chi connectivity index (χ0) is 16.8. The zero-order valence-electron chi connectivity index (χ0n) is 13.5. The molecule has 0 spiro atoms. The first kappa shape index (κ1) is 16.7. The number of nitrogens with one attached hydrogen (secondary N) is 2. The molecule has 1 saturated carbocycles. The third kappa shape index (κ3) is 4.45. The number of benzene rings is 1. The number of amides is 1. The second-order valence-corrected chi connectivity index (χ2v) is 6.46. The molecule has 1 aromatic carbocycles. The number of aromatic nitrogens is 2. The summed E-state index contributed by atoms with van der Waals surface area (Å²) in [7, 11) is 0. The molecule has 0 aliphatic heterocycles. The Kier molecular flexibility index (Phi) is 5.64. The van der Waals surface area contributed by atoms with Gasteiger partial charge in [-0.15, -0.1) is 0 Å². The zero-order valence-corrected chi connectivity index (χ0v) is 14.2. The highest BCUT2D eigenvalue weighted by Crippen LogP contribution is 2.22. The van der Waals surface area contributed by atoms with Crippen LogP contribution >= 0.6 is 11.6 Å². The van der Waals surface area contributed by atoms with E-state index in [0.717, 1.165) is 18.7 Å². The molecule has 6 heteroatoms. The molecule has 0 saturated heterocycles. The summed E-state index contributed by atoms with van der Waals surface area (Å²) in [4.78, 5) is 20.8. The molecule has 1 fully saturated rings. The first-order valence-corrected chi connectivity index (χ1v) is 8.74. The van der Waals surface area contributed by atoms with E-state index in [0.29, 0.717) is 16.8 Å². The smallest absolute Gasteiger partial charge is 0.275 e. The van der Waals surface area contributed by atoms with Gasteiger partial charge in [0.15, 0.2) is 0 Å². The topological polar surface area (TPSA) is 66.9 Å². The predicted molar refractivity (Wildman–Crippen MR) is 96.5 cm³/mol. The summed E-state index contributed by atoms with van der Waals surface area (Å²) in [5, 5.41) is 6.65. The molecule has 1 heterocycles. The van der Waals surface area contributed by atoms with Gasteiger partial charge in [-0.2, -0.15) is 0 Å². The molecular formula is C18H21ClN4O. The third-order valence-corrected chi connectivity index (χ3v) is 4.54. The van der Waals surface area contributed by atoms with Crippen LogP contribution in [0, 0.1) is 0 Å². The van der Waals surface area contributed by atoms with Gasteiger partial charge in [-0.1, -0.05) is 49.4 Å². The number of hydrogen-bond donors (Lipinski definition) is 2. The molecule has 3 rings (SSSR count). The summed E-state index contributed by atoms with van der Waals surface area (Å²) in [5.41, 5.74) is 0.827. The number of para-hydroxylation sites is 1. The summed E-state index contributed by atoms with van der Waals surface area (Å²) in [6.07, 6.45) is 10.6. The average molecular weight is 345 g/mol. The fraction of sp³-hybridized carbons (Fsp3) is 0.389. The van der Waals surface area contributed by atoms with Crippen molar-refractivity contribution in [3.8, 4) is 0 Å². The van der Waals surface area contributed by atoms with Gasteiger partial charge in [0.2, 0.25) is 0 Å². The van der Waals surface area contributed by atoms with Crippen LogP contribution in [0.2, 0.25) is 5.02 Å². The van der Waals surface area contributed by atoms with E-state index in [-0.39, 0.29) is 11.6 Å². The van der Waals surface area contributed by atoms with Crippen LogP contribution in [-0.2, 0) is 0 Å². The van der Waals surface area contributed by atoms with Crippen molar-refractivity contribution in [1.29, 1.82) is 0 Å². The lowest BCUT2D eigenvalue weighted by molar-refractivity contribution is 0.102. The van der Waals surface area contributed by atoms with E-state index >= 15 is 0 Å². The molecule has 1 aromatic heterocycles. The van der Waals surface area contributed by atoms with E-state index in [1.807, 2.05) is 12.1 Å². The maximum Gasteiger partial charge on any atom is 0.275 e. The normalized spacial score (nSPS) is 15.5. The monoisotopic (exact) mass is 344 g/mol. The summed E-state index contributed by atoms with van der Waals surface area (Å²) in [5.74, 6) is 0.396. The fourth-order valence-corrected chi connectivity index (χ4v) is 3.08. The molecule has 126 valence electrons. The van der Waals surface area contributed by atoms with Gasteiger partial charge < -0.3 is 10.6 Å². The van der Waals surface area contributed by atoms with Gasteiger partial charge >= 0.3 is 0 Å². The van der Waals surface area contributed by atoms with Crippen molar-refractivity contribution in [2.24, 2.45) is 0 Å². The van der Waals surface area contributed by atoms with Crippen molar-refractivity contribution in [1.82, 2.24) is 9.97 Å². The molecular weight excluding hydrogens is 324 g/mol. The fourth-order valence-electron chi connectivity index (χ4n) is 2.90. The summed E-state index contributed by atoms with van der Waals surface area (Å²) in [6.45, 7) is 0. The molecule has 1 amide bonds. The van der Waals surface area contributed by atoms with Gasteiger partial charge in [0.1, 0.15) is 11.5 Å². The second-order valence-electron chi connectivity index (χ2n) is 6.05. The van der Waals surface area contributed by atoms with Gasteiger partial charge in [0.25, 0.3) is 5.91 Å². The lowest BCUT2D eigenvalue weighted by Gasteiger charge is -2.16. The first-order chi connectivity index (χ1) is 11.7. The Bertz CT molecular complexity index is 682. The van der Waals surface area contributed by atoms with Gasteiger partial charge in [0.05, 0.1) is 23.1 Å².